The standard InChI is InChI=1S/C27H21ClN2O2/c1-15-10-11-18(27-30-24-12-16(2)17(3)13-25(24)32-27)14-23(15)29-26(31)21-8-4-7-20-19(21)6-5-9-22(20)28/h4-14H,1-3H3,(H,29,31). The van der Waals surface area contributed by atoms with Gasteiger partial charge in [0.05, 0.1) is 0 Å². The lowest BCUT2D eigenvalue weighted by atomic mass is 10.0. The van der Waals surface area contributed by atoms with Crippen LogP contribution < -0.4 is 5.32 Å². The van der Waals surface area contributed by atoms with Gasteiger partial charge in [-0.2, -0.15) is 0 Å². The van der Waals surface area contributed by atoms with Crippen LogP contribution in [0.4, 0.5) is 5.69 Å². The average Bonchev–Trinajstić information content (AvgIpc) is 3.18. The van der Waals surface area contributed by atoms with Gasteiger partial charge in [-0.05, 0) is 79.2 Å². The highest BCUT2D eigenvalue weighted by atomic mass is 35.5. The van der Waals surface area contributed by atoms with Crippen LogP contribution in [0.1, 0.15) is 27.0 Å². The molecule has 5 rings (SSSR count). The molecule has 0 fully saturated rings. The van der Waals surface area contributed by atoms with E-state index in [4.69, 9.17) is 16.0 Å². The maximum atomic E-state index is 13.2. The van der Waals surface area contributed by atoms with Crippen molar-refractivity contribution >= 4 is 45.1 Å². The second-order valence-corrected chi connectivity index (χ2v) is 8.45. The fourth-order valence-corrected chi connectivity index (χ4v) is 4.09. The third-order valence-corrected chi connectivity index (χ3v) is 6.18. The number of hydrogen-bond donors (Lipinski definition) is 1. The van der Waals surface area contributed by atoms with Crippen molar-refractivity contribution in [2.24, 2.45) is 0 Å². The summed E-state index contributed by atoms with van der Waals surface area (Å²) < 4.78 is 6.01. The number of hydrogen-bond acceptors (Lipinski definition) is 3. The van der Waals surface area contributed by atoms with Gasteiger partial charge in [0.1, 0.15) is 5.52 Å². The van der Waals surface area contributed by atoms with E-state index < -0.39 is 0 Å². The number of aromatic nitrogens is 1. The molecule has 5 aromatic rings. The average molecular weight is 441 g/mol. The summed E-state index contributed by atoms with van der Waals surface area (Å²) in [6.07, 6.45) is 0. The van der Waals surface area contributed by atoms with E-state index in [9.17, 15) is 4.79 Å². The summed E-state index contributed by atoms with van der Waals surface area (Å²) in [5, 5.41) is 5.34. The Morgan fingerprint density at radius 3 is 2.47 bits per heavy atom. The van der Waals surface area contributed by atoms with Crippen molar-refractivity contribution in [2.45, 2.75) is 20.8 Å². The molecule has 4 aromatic carbocycles. The highest BCUT2D eigenvalue weighted by Crippen LogP contribution is 2.30. The van der Waals surface area contributed by atoms with Crippen molar-refractivity contribution in [1.82, 2.24) is 4.98 Å². The van der Waals surface area contributed by atoms with Gasteiger partial charge in [-0.25, -0.2) is 4.98 Å². The monoisotopic (exact) mass is 440 g/mol. The molecule has 1 amide bonds. The lowest BCUT2D eigenvalue weighted by Crippen LogP contribution is -2.13. The largest absolute Gasteiger partial charge is 0.436 e. The molecule has 5 heteroatoms. The molecule has 0 unspecified atom stereocenters. The number of carbonyl (C=O) groups excluding carboxylic acids is 1. The predicted molar refractivity (Wildman–Crippen MR) is 131 cm³/mol. The molecular weight excluding hydrogens is 420 g/mol. The molecule has 0 spiro atoms. The predicted octanol–water partition coefficient (Wildman–Crippen LogP) is 7.48. The molecule has 0 aliphatic heterocycles. The highest BCUT2D eigenvalue weighted by Gasteiger charge is 2.15. The number of anilines is 1. The van der Waals surface area contributed by atoms with Gasteiger partial charge in [0.25, 0.3) is 5.91 Å². The number of aryl methyl sites for hydroxylation is 3. The Morgan fingerprint density at radius 1 is 0.875 bits per heavy atom. The third kappa shape index (κ3) is 3.53. The van der Waals surface area contributed by atoms with E-state index in [-0.39, 0.29) is 5.91 Å². The molecule has 1 aromatic heterocycles. The molecule has 0 radical (unpaired) electrons. The van der Waals surface area contributed by atoms with Crippen molar-refractivity contribution in [3.8, 4) is 11.5 Å². The van der Waals surface area contributed by atoms with Crippen molar-refractivity contribution in [1.29, 1.82) is 0 Å². The maximum Gasteiger partial charge on any atom is 0.256 e. The molecule has 158 valence electrons. The van der Waals surface area contributed by atoms with Crippen LogP contribution in [-0.4, -0.2) is 10.9 Å². The van der Waals surface area contributed by atoms with Crippen LogP contribution in [-0.2, 0) is 0 Å². The fourth-order valence-electron chi connectivity index (χ4n) is 3.85. The third-order valence-electron chi connectivity index (χ3n) is 5.85. The number of nitrogens with zero attached hydrogens (tertiary/aromatic N) is 1. The zero-order chi connectivity index (χ0) is 22.4. The molecule has 1 N–H and O–H groups in total. The van der Waals surface area contributed by atoms with Gasteiger partial charge in [0.2, 0.25) is 5.89 Å². The van der Waals surface area contributed by atoms with Crippen LogP contribution in [0.5, 0.6) is 0 Å². The van der Waals surface area contributed by atoms with Crippen LogP contribution >= 0.6 is 11.6 Å². The number of amides is 1. The number of benzene rings is 4. The quantitative estimate of drug-likeness (QED) is 0.316. The number of rotatable bonds is 3. The Kier molecular flexibility index (Phi) is 4.95. The molecule has 0 aliphatic rings. The van der Waals surface area contributed by atoms with Gasteiger partial charge >= 0.3 is 0 Å². The summed E-state index contributed by atoms with van der Waals surface area (Å²) in [5.41, 5.74) is 6.94. The second-order valence-electron chi connectivity index (χ2n) is 8.05. The molecule has 1 heterocycles. The minimum atomic E-state index is -0.193. The highest BCUT2D eigenvalue weighted by molar-refractivity contribution is 6.36. The van der Waals surface area contributed by atoms with E-state index in [0.717, 1.165) is 38.6 Å². The Morgan fingerprint density at radius 2 is 1.62 bits per heavy atom. The first-order valence-electron chi connectivity index (χ1n) is 10.4. The molecule has 0 atom stereocenters. The summed E-state index contributed by atoms with van der Waals surface area (Å²) in [4.78, 5) is 17.8. The van der Waals surface area contributed by atoms with Gasteiger partial charge in [0, 0.05) is 27.2 Å². The molecular formula is C27H21ClN2O2. The van der Waals surface area contributed by atoms with Crippen molar-refractivity contribution < 1.29 is 9.21 Å². The Bertz CT molecular complexity index is 1480. The Hall–Kier alpha value is -3.63. The Labute approximate surface area is 190 Å². The number of carbonyl (C=O) groups is 1. The zero-order valence-corrected chi connectivity index (χ0v) is 18.7. The maximum absolute atomic E-state index is 13.2. The van der Waals surface area contributed by atoms with Gasteiger partial charge < -0.3 is 9.73 Å². The first kappa shape index (κ1) is 20.3. The SMILES string of the molecule is Cc1cc2nc(-c3ccc(C)c(NC(=O)c4cccc5c(Cl)cccc45)c3)oc2cc1C. The van der Waals surface area contributed by atoms with Crippen LogP contribution in [0.2, 0.25) is 5.02 Å². The van der Waals surface area contributed by atoms with Gasteiger partial charge in [-0.1, -0.05) is 41.9 Å². The minimum Gasteiger partial charge on any atom is -0.436 e. The summed E-state index contributed by atoms with van der Waals surface area (Å²) in [5.74, 6) is 0.333. The number of oxazole rings is 1. The molecule has 0 bridgehead atoms. The van der Waals surface area contributed by atoms with E-state index in [1.165, 1.54) is 5.56 Å². The van der Waals surface area contributed by atoms with Gasteiger partial charge in [-0.3, -0.25) is 4.79 Å². The van der Waals surface area contributed by atoms with E-state index in [1.807, 2.05) is 67.6 Å². The molecule has 0 saturated heterocycles. The summed E-state index contributed by atoms with van der Waals surface area (Å²) in [7, 11) is 0. The normalized spacial score (nSPS) is 11.2. The Balaban J connectivity index is 1.51. The molecule has 0 saturated carbocycles. The smallest absolute Gasteiger partial charge is 0.256 e. The van der Waals surface area contributed by atoms with Crippen molar-refractivity contribution in [3.05, 3.63) is 94.0 Å². The molecule has 0 aliphatic carbocycles. The molecule has 32 heavy (non-hydrogen) atoms. The van der Waals surface area contributed by atoms with Crippen LogP contribution in [0, 0.1) is 20.8 Å². The second kappa shape index (κ2) is 7.81. The van der Waals surface area contributed by atoms with Gasteiger partial charge in [0.15, 0.2) is 5.58 Å². The van der Waals surface area contributed by atoms with Crippen molar-refractivity contribution in [2.75, 3.05) is 5.32 Å². The number of nitrogens with one attached hydrogen (secondary N) is 1. The number of fused-ring (bicyclic) bond motifs is 2. The summed E-state index contributed by atoms with van der Waals surface area (Å²) in [6.45, 7) is 6.07. The minimum absolute atomic E-state index is 0.193. The van der Waals surface area contributed by atoms with Crippen molar-refractivity contribution in [3.63, 3.8) is 0 Å². The lowest BCUT2D eigenvalue weighted by Gasteiger charge is -2.12. The fraction of sp³-hybridized carbons (Fsp3) is 0.111. The van der Waals surface area contributed by atoms with Crippen LogP contribution in [0.15, 0.2) is 71.1 Å². The van der Waals surface area contributed by atoms with Crippen LogP contribution in [0.25, 0.3) is 33.3 Å². The van der Waals surface area contributed by atoms with E-state index in [0.29, 0.717) is 22.2 Å². The lowest BCUT2D eigenvalue weighted by molar-refractivity contribution is 0.102. The topological polar surface area (TPSA) is 55.1 Å². The first-order chi connectivity index (χ1) is 15.4. The van der Waals surface area contributed by atoms with E-state index >= 15 is 0 Å². The first-order valence-corrected chi connectivity index (χ1v) is 10.8. The summed E-state index contributed by atoms with van der Waals surface area (Å²) in [6, 6.07) is 21.0. The zero-order valence-electron chi connectivity index (χ0n) is 18.0. The number of halogens is 1. The molecule has 4 nitrogen and oxygen atoms in total. The van der Waals surface area contributed by atoms with E-state index in [1.54, 1.807) is 6.07 Å². The van der Waals surface area contributed by atoms with Crippen LogP contribution in [0.3, 0.4) is 0 Å². The summed E-state index contributed by atoms with van der Waals surface area (Å²) >= 11 is 6.31. The van der Waals surface area contributed by atoms with Gasteiger partial charge in [-0.15, -0.1) is 0 Å². The van der Waals surface area contributed by atoms with E-state index in [2.05, 4.69) is 24.1 Å².